The highest BCUT2D eigenvalue weighted by atomic mass is 16.5. The molecule has 2 amide bonds. The van der Waals surface area contributed by atoms with Gasteiger partial charge < -0.3 is 20.7 Å². The standard InChI is InChI=1S/C12H11N3O3/c16-11-4-8(5-13-11)14-7-1-2-9-10(3-7)18-6-12(17)15-9/h1-4,14H,5-6H2,(H,13,16)(H,15,17). The minimum Gasteiger partial charge on any atom is -0.482 e. The highest BCUT2D eigenvalue weighted by molar-refractivity contribution is 5.96. The van der Waals surface area contributed by atoms with Crippen LogP contribution < -0.4 is 20.7 Å². The van der Waals surface area contributed by atoms with Gasteiger partial charge in [0, 0.05) is 23.5 Å². The number of rotatable bonds is 2. The van der Waals surface area contributed by atoms with Crippen LogP contribution in [0.4, 0.5) is 11.4 Å². The van der Waals surface area contributed by atoms with Gasteiger partial charge in [0.15, 0.2) is 6.61 Å². The summed E-state index contributed by atoms with van der Waals surface area (Å²) in [5, 5.41) is 8.51. The molecule has 2 heterocycles. The van der Waals surface area contributed by atoms with Gasteiger partial charge in [0.1, 0.15) is 5.75 Å². The van der Waals surface area contributed by atoms with Crippen LogP contribution in [0.1, 0.15) is 0 Å². The van der Waals surface area contributed by atoms with E-state index >= 15 is 0 Å². The number of nitrogens with one attached hydrogen (secondary N) is 3. The maximum absolute atomic E-state index is 11.1. The Hall–Kier alpha value is -2.50. The molecular weight excluding hydrogens is 234 g/mol. The molecule has 0 atom stereocenters. The fourth-order valence-electron chi connectivity index (χ4n) is 1.86. The topological polar surface area (TPSA) is 79.5 Å². The second-order valence-electron chi connectivity index (χ2n) is 4.06. The molecule has 0 aromatic heterocycles. The zero-order valence-electron chi connectivity index (χ0n) is 9.45. The second kappa shape index (κ2) is 4.06. The van der Waals surface area contributed by atoms with Gasteiger partial charge in [-0.1, -0.05) is 0 Å². The molecule has 0 unspecified atom stereocenters. The summed E-state index contributed by atoms with van der Waals surface area (Å²) in [5.41, 5.74) is 2.28. The Bertz CT molecular complexity index is 566. The van der Waals surface area contributed by atoms with Gasteiger partial charge in [-0.2, -0.15) is 0 Å². The van der Waals surface area contributed by atoms with Crippen LogP contribution in [0, 0.1) is 0 Å². The van der Waals surface area contributed by atoms with Gasteiger partial charge in [-0.3, -0.25) is 9.59 Å². The van der Waals surface area contributed by atoms with Crippen molar-refractivity contribution in [3.63, 3.8) is 0 Å². The lowest BCUT2D eigenvalue weighted by molar-refractivity contribution is -0.118. The van der Waals surface area contributed by atoms with E-state index in [1.807, 2.05) is 6.07 Å². The molecular formula is C12H11N3O3. The van der Waals surface area contributed by atoms with Gasteiger partial charge in [-0.15, -0.1) is 0 Å². The first-order valence-corrected chi connectivity index (χ1v) is 5.53. The van der Waals surface area contributed by atoms with Gasteiger partial charge in [-0.25, -0.2) is 0 Å². The van der Waals surface area contributed by atoms with Crippen molar-refractivity contribution >= 4 is 23.2 Å². The van der Waals surface area contributed by atoms with Crippen molar-refractivity contribution in [3.8, 4) is 5.75 Å². The third-order valence-electron chi connectivity index (χ3n) is 2.68. The predicted molar refractivity (Wildman–Crippen MR) is 65.3 cm³/mol. The molecule has 6 heteroatoms. The largest absolute Gasteiger partial charge is 0.482 e. The molecule has 0 fully saturated rings. The molecule has 0 aliphatic carbocycles. The lowest BCUT2D eigenvalue weighted by atomic mass is 10.2. The van der Waals surface area contributed by atoms with E-state index in [0.717, 1.165) is 11.4 Å². The van der Waals surface area contributed by atoms with Crippen molar-refractivity contribution in [2.24, 2.45) is 0 Å². The Balaban J connectivity index is 1.80. The normalized spacial score (nSPS) is 17.2. The van der Waals surface area contributed by atoms with Gasteiger partial charge >= 0.3 is 0 Å². The quantitative estimate of drug-likeness (QED) is 0.706. The van der Waals surface area contributed by atoms with Gasteiger partial charge in [-0.05, 0) is 12.1 Å². The summed E-state index contributed by atoms with van der Waals surface area (Å²) in [6.45, 7) is 0.521. The maximum atomic E-state index is 11.1. The number of anilines is 2. The van der Waals surface area contributed by atoms with Crippen molar-refractivity contribution in [2.75, 3.05) is 23.8 Å². The van der Waals surface area contributed by atoms with Crippen molar-refractivity contribution < 1.29 is 14.3 Å². The summed E-state index contributed by atoms with van der Waals surface area (Å²) in [5.74, 6) is 0.368. The first kappa shape index (κ1) is 10.6. The van der Waals surface area contributed by atoms with E-state index in [2.05, 4.69) is 16.0 Å². The summed E-state index contributed by atoms with van der Waals surface area (Å²) in [4.78, 5) is 22.1. The number of amides is 2. The number of benzene rings is 1. The van der Waals surface area contributed by atoms with Crippen molar-refractivity contribution in [3.05, 3.63) is 30.0 Å². The molecule has 3 rings (SSSR count). The van der Waals surface area contributed by atoms with Crippen LogP contribution in [0.2, 0.25) is 0 Å². The van der Waals surface area contributed by atoms with Crippen molar-refractivity contribution in [1.29, 1.82) is 0 Å². The number of hydrogen-bond acceptors (Lipinski definition) is 4. The number of hydrogen-bond donors (Lipinski definition) is 3. The third kappa shape index (κ3) is 2.00. The Kier molecular flexibility index (Phi) is 2.40. The highest BCUT2D eigenvalue weighted by Gasteiger charge is 2.17. The fraction of sp³-hybridized carbons (Fsp3) is 0.167. The monoisotopic (exact) mass is 245 g/mol. The van der Waals surface area contributed by atoms with Crippen molar-refractivity contribution in [2.45, 2.75) is 0 Å². The summed E-state index contributed by atoms with van der Waals surface area (Å²) in [7, 11) is 0. The summed E-state index contributed by atoms with van der Waals surface area (Å²) in [6, 6.07) is 5.37. The molecule has 1 aromatic rings. The van der Waals surface area contributed by atoms with E-state index in [-0.39, 0.29) is 18.4 Å². The minimum atomic E-state index is -0.156. The second-order valence-corrected chi connectivity index (χ2v) is 4.06. The lowest BCUT2D eigenvalue weighted by Gasteiger charge is -2.19. The van der Waals surface area contributed by atoms with Crippen LogP contribution in [0.5, 0.6) is 5.75 Å². The summed E-state index contributed by atoms with van der Waals surface area (Å²) >= 11 is 0. The summed E-state index contributed by atoms with van der Waals surface area (Å²) in [6.07, 6.45) is 1.52. The molecule has 0 radical (unpaired) electrons. The van der Waals surface area contributed by atoms with Crippen LogP contribution in [0.25, 0.3) is 0 Å². The van der Waals surface area contributed by atoms with E-state index in [1.165, 1.54) is 6.08 Å². The minimum absolute atomic E-state index is 0.0270. The Labute approximate surface area is 103 Å². The molecule has 2 aliphatic rings. The van der Waals surface area contributed by atoms with Gasteiger partial charge in [0.25, 0.3) is 5.91 Å². The van der Waals surface area contributed by atoms with E-state index in [1.54, 1.807) is 12.1 Å². The third-order valence-corrected chi connectivity index (χ3v) is 2.68. The van der Waals surface area contributed by atoms with E-state index in [0.29, 0.717) is 18.0 Å². The molecule has 0 saturated carbocycles. The predicted octanol–water partition coefficient (Wildman–Crippen LogP) is 0.443. The average molecular weight is 245 g/mol. The van der Waals surface area contributed by atoms with E-state index in [4.69, 9.17) is 4.74 Å². The number of carbonyl (C=O) groups is 2. The lowest BCUT2D eigenvalue weighted by Crippen LogP contribution is -2.25. The fourth-order valence-corrected chi connectivity index (χ4v) is 1.86. The Morgan fingerprint density at radius 3 is 2.94 bits per heavy atom. The molecule has 1 aromatic carbocycles. The van der Waals surface area contributed by atoms with E-state index < -0.39 is 0 Å². The zero-order valence-corrected chi connectivity index (χ0v) is 9.45. The number of carbonyl (C=O) groups excluding carboxylic acids is 2. The molecule has 0 spiro atoms. The Morgan fingerprint density at radius 2 is 2.17 bits per heavy atom. The van der Waals surface area contributed by atoms with Crippen LogP contribution in [-0.4, -0.2) is 25.0 Å². The van der Waals surface area contributed by atoms with Crippen LogP contribution in [-0.2, 0) is 9.59 Å². The van der Waals surface area contributed by atoms with Crippen LogP contribution in [0.15, 0.2) is 30.0 Å². The van der Waals surface area contributed by atoms with Crippen molar-refractivity contribution in [1.82, 2.24) is 5.32 Å². The van der Waals surface area contributed by atoms with Crippen LogP contribution in [0.3, 0.4) is 0 Å². The first-order chi connectivity index (χ1) is 8.70. The molecule has 6 nitrogen and oxygen atoms in total. The zero-order chi connectivity index (χ0) is 12.5. The molecule has 92 valence electrons. The maximum Gasteiger partial charge on any atom is 0.262 e. The van der Waals surface area contributed by atoms with Gasteiger partial charge in [0.05, 0.1) is 12.2 Å². The molecule has 3 N–H and O–H groups in total. The molecule has 18 heavy (non-hydrogen) atoms. The summed E-state index contributed by atoms with van der Waals surface area (Å²) < 4.78 is 5.31. The Morgan fingerprint density at radius 1 is 1.28 bits per heavy atom. The first-order valence-electron chi connectivity index (χ1n) is 5.53. The smallest absolute Gasteiger partial charge is 0.262 e. The number of fused-ring (bicyclic) bond motifs is 1. The molecule has 2 aliphatic heterocycles. The SMILES string of the molecule is O=C1C=C(Nc2ccc3c(c2)OCC(=O)N3)CN1. The molecule has 0 bridgehead atoms. The average Bonchev–Trinajstić information content (AvgIpc) is 2.75. The van der Waals surface area contributed by atoms with E-state index in [9.17, 15) is 9.59 Å². The van der Waals surface area contributed by atoms with Crippen LogP contribution >= 0.6 is 0 Å². The molecule has 0 saturated heterocycles. The van der Waals surface area contributed by atoms with Gasteiger partial charge in [0.2, 0.25) is 5.91 Å². The highest BCUT2D eigenvalue weighted by Crippen LogP contribution is 2.31. The number of ether oxygens (including phenoxy) is 1.